The SMILES string of the molecule is O=C(C(c1ccccc1)c1ccccc1)N1CCC(Oc2ncc(Br)cn2)C1. The fourth-order valence-corrected chi connectivity index (χ4v) is 3.69. The van der Waals surface area contributed by atoms with E-state index in [4.69, 9.17) is 4.74 Å². The van der Waals surface area contributed by atoms with Crippen LogP contribution < -0.4 is 4.74 Å². The van der Waals surface area contributed by atoms with E-state index in [9.17, 15) is 4.79 Å². The number of hydrogen-bond donors (Lipinski definition) is 0. The third kappa shape index (κ3) is 4.22. The summed E-state index contributed by atoms with van der Waals surface area (Å²) in [5.74, 6) is -0.217. The molecule has 0 N–H and O–H groups in total. The number of hydrogen-bond acceptors (Lipinski definition) is 4. The van der Waals surface area contributed by atoms with Gasteiger partial charge >= 0.3 is 6.01 Å². The molecular weight excluding hydrogens is 418 g/mol. The van der Waals surface area contributed by atoms with E-state index < -0.39 is 0 Å². The van der Waals surface area contributed by atoms with E-state index >= 15 is 0 Å². The molecule has 0 bridgehead atoms. The number of aromatic nitrogens is 2. The molecular formula is C22H20BrN3O2. The summed E-state index contributed by atoms with van der Waals surface area (Å²) in [6.07, 6.45) is 3.97. The minimum atomic E-state index is -0.315. The van der Waals surface area contributed by atoms with Crippen LogP contribution in [0.25, 0.3) is 0 Å². The predicted molar refractivity (Wildman–Crippen MR) is 110 cm³/mol. The van der Waals surface area contributed by atoms with Gasteiger partial charge in [0.25, 0.3) is 0 Å². The maximum atomic E-state index is 13.4. The third-order valence-corrected chi connectivity index (χ3v) is 5.25. The van der Waals surface area contributed by atoms with Crippen LogP contribution in [0.2, 0.25) is 0 Å². The summed E-state index contributed by atoms with van der Waals surface area (Å²) in [6, 6.07) is 20.2. The van der Waals surface area contributed by atoms with Crippen molar-refractivity contribution in [3.8, 4) is 6.01 Å². The van der Waals surface area contributed by atoms with Crippen LogP contribution in [0.1, 0.15) is 23.5 Å². The van der Waals surface area contributed by atoms with E-state index in [1.165, 1.54) is 0 Å². The zero-order valence-electron chi connectivity index (χ0n) is 15.2. The first-order valence-electron chi connectivity index (χ1n) is 9.23. The highest BCUT2D eigenvalue weighted by Crippen LogP contribution is 2.29. The first kappa shape index (κ1) is 18.6. The van der Waals surface area contributed by atoms with Gasteiger partial charge in [-0.1, -0.05) is 60.7 Å². The second-order valence-corrected chi connectivity index (χ2v) is 7.67. The Bertz CT molecular complexity index is 880. The molecule has 0 spiro atoms. The van der Waals surface area contributed by atoms with Crippen LogP contribution in [0.15, 0.2) is 77.5 Å². The smallest absolute Gasteiger partial charge is 0.316 e. The lowest BCUT2D eigenvalue weighted by atomic mass is 9.90. The Kier molecular flexibility index (Phi) is 5.67. The van der Waals surface area contributed by atoms with Crippen LogP contribution in [0.4, 0.5) is 0 Å². The van der Waals surface area contributed by atoms with E-state index in [1.54, 1.807) is 12.4 Å². The van der Waals surface area contributed by atoms with Crippen molar-refractivity contribution in [2.24, 2.45) is 0 Å². The molecule has 142 valence electrons. The molecule has 1 saturated heterocycles. The fourth-order valence-electron chi connectivity index (χ4n) is 3.49. The highest BCUT2D eigenvalue weighted by atomic mass is 79.9. The molecule has 1 amide bonds. The predicted octanol–water partition coefficient (Wildman–Crippen LogP) is 4.05. The van der Waals surface area contributed by atoms with E-state index in [0.717, 1.165) is 22.0 Å². The molecule has 2 heterocycles. The highest BCUT2D eigenvalue weighted by Gasteiger charge is 2.33. The van der Waals surface area contributed by atoms with Crippen molar-refractivity contribution in [2.45, 2.75) is 18.4 Å². The Hall–Kier alpha value is -2.73. The number of carbonyl (C=O) groups is 1. The fraction of sp³-hybridized carbons (Fsp3) is 0.227. The van der Waals surface area contributed by atoms with Crippen LogP contribution in [0.3, 0.4) is 0 Å². The molecule has 3 aromatic rings. The molecule has 1 aliphatic rings. The van der Waals surface area contributed by atoms with Gasteiger partial charge in [-0.05, 0) is 27.1 Å². The Morgan fingerprint density at radius 3 is 2.14 bits per heavy atom. The Balaban J connectivity index is 1.51. The number of halogens is 1. The molecule has 6 heteroatoms. The number of amides is 1. The number of nitrogens with zero attached hydrogens (tertiary/aromatic N) is 3. The van der Waals surface area contributed by atoms with Gasteiger partial charge in [0, 0.05) is 25.4 Å². The molecule has 1 atom stereocenters. The summed E-state index contributed by atoms with van der Waals surface area (Å²) in [7, 11) is 0. The average molecular weight is 438 g/mol. The normalized spacial score (nSPS) is 16.4. The number of ether oxygens (including phenoxy) is 1. The summed E-state index contributed by atoms with van der Waals surface area (Å²) in [5, 5.41) is 0. The molecule has 0 radical (unpaired) electrons. The van der Waals surface area contributed by atoms with E-state index in [1.807, 2.05) is 65.6 Å². The van der Waals surface area contributed by atoms with Crippen LogP contribution in [0.5, 0.6) is 6.01 Å². The van der Waals surface area contributed by atoms with E-state index in [2.05, 4.69) is 25.9 Å². The van der Waals surface area contributed by atoms with Crippen LogP contribution >= 0.6 is 15.9 Å². The van der Waals surface area contributed by atoms with Gasteiger partial charge in [0.05, 0.1) is 16.9 Å². The van der Waals surface area contributed by atoms with Crippen molar-refractivity contribution >= 4 is 21.8 Å². The van der Waals surface area contributed by atoms with Crippen LogP contribution in [-0.4, -0.2) is 40.0 Å². The number of benzene rings is 2. The molecule has 0 saturated carbocycles. The molecule has 1 unspecified atom stereocenters. The van der Waals surface area contributed by atoms with Gasteiger partial charge in [-0.15, -0.1) is 0 Å². The first-order valence-corrected chi connectivity index (χ1v) is 10.0. The van der Waals surface area contributed by atoms with E-state index in [-0.39, 0.29) is 17.9 Å². The van der Waals surface area contributed by atoms with E-state index in [0.29, 0.717) is 19.1 Å². The Labute approximate surface area is 172 Å². The maximum Gasteiger partial charge on any atom is 0.316 e. The molecule has 4 rings (SSSR count). The average Bonchev–Trinajstić information content (AvgIpc) is 3.20. The van der Waals surface area contributed by atoms with Crippen molar-refractivity contribution in [3.05, 3.63) is 88.7 Å². The Morgan fingerprint density at radius 2 is 1.57 bits per heavy atom. The van der Waals surface area contributed by atoms with Gasteiger partial charge in [-0.2, -0.15) is 0 Å². The largest absolute Gasteiger partial charge is 0.458 e. The van der Waals surface area contributed by atoms with Crippen molar-refractivity contribution in [1.29, 1.82) is 0 Å². The molecule has 1 aromatic heterocycles. The van der Waals surface area contributed by atoms with Gasteiger partial charge in [0.2, 0.25) is 5.91 Å². The lowest BCUT2D eigenvalue weighted by Gasteiger charge is -2.24. The summed E-state index contributed by atoms with van der Waals surface area (Å²) in [5.41, 5.74) is 2.00. The van der Waals surface area contributed by atoms with Crippen molar-refractivity contribution in [3.63, 3.8) is 0 Å². The zero-order chi connectivity index (χ0) is 19.3. The highest BCUT2D eigenvalue weighted by molar-refractivity contribution is 9.10. The van der Waals surface area contributed by atoms with Crippen LogP contribution in [0, 0.1) is 0 Å². The lowest BCUT2D eigenvalue weighted by molar-refractivity contribution is -0.131. The zero-order valence-corrected chi connectivity index (χ0v) is 16.8. The monoisotopic (exact) mass is 437 g/mol. The number of rotatable bonds is 5. The number of likely N-dealkylation sites (tertiary alicyclic amines) is 1. The molecule has 28 heavy (non-hydrogen) atoms. The second-order valence-electron chi connectivity index (χ2n) is 6.75. The topological polar surface area (TPSA) is 55.3 Å². The molecule has 1 aliphatic heterocycles. The van der Waals surface area contributed by atoms with Crippen molar-refractivity contribution in [2.75, 3.05) is 13.1 Å². The van der Waals surface area contributed by atoms with Gasteiger partial charge in [0.1, 0.15) is 6.10 Å². The summed E-state index contributed by atoms with van der Waals surface area (Å²) in [6.45, 7) is 1.20. The van der Waals surface area contributed by atoms with Gasteiger partial charge in [-0.3, -0.25) is 4.79 Å². The van der Waals surface area contributed by atoms with Crippen molar-refractivity contribution < 1.29 is 9.53 Å². The first-order chi connectivity index (χ1) is 13.7. The lowest BCUT2D eigenvalue weighted by Crippen LogP contribution is -2.35. The van der Waals surface area contributed by atoms with Crippen molar-refractivity contribution in [1.82, 2.24) is 14.9 Å². The standard InChI is InChI=1S/C22H20BrN3O2/c23-18-13-24-22(25-14-18)28-19-11-12-26(15-19)21(27)20(16-7-3-1-4-8-16)17-9-5-2-6-10-17/h1-10,13-14,19-20H,11-12,15H2. The molecule has 5 nitrogen and oxygen atoms in total. The summed E-state index contributed by atoms with van der Waals surface area (Å²) >= 11 is 3.31. The second kappa shape index (κ2) is 8.52. The van der Waals surface area contributed by atoms with Gasteiger partial charge in [-0.25, -0.2) is 9.97 Å². The van der Waals surface area contributed by atoms with Crippen LogP contribution in [-0.2, 0) is 4.79 Å². The maximum absolute atomic E-state index is 13.4. The minimum Gasteiger partial charge on any atom is -0.458 e. The number of carbonyl (C=O) groups excluding carboxylic acids is 1. The minimum absolute atomic E-state index is 0.0974. The molecule has 0 aliphatic carbocycles. The van der Waals surface area contributed by atoms with Gasteiger partial charge in [0.15, 0.2) is 0 Å². The molecule has 2 aromatic carbocycles. The summed E-state index contributed by atoms with van der Waals surface area (Å²) < 4.78 is 6.67. The Morgan fingerprint density at radius 1 is 1.00 bits per heavy atom. The quantitative estimate of drug-likeness (QED) is 0.603. The molecule has 1 fully saturated rings. The third-order valence-electron chi connectivity index (χ3n) is 4.84. The summed E-state index contributed by atoms with van der Waals surface area (Å²) in [4.78, 5) is 23.6. The van der Waals surface area contributed by atoms with Gasteiger partial charge < -0.3 is 9.64 Å².